The third kappa shape index (κ3) is 2.28. The molecule has 0 spiro atoms. The van der Waals surface area contributed by atoms with Crippen molar-refractivity contribution in [1.82, 2.24) is 4.98 Å². The average molecular weight is 250 g/mol. The Morgan fingerprint density at radius 2 is 2.44 bits per heavy atom. The van der Waals surface area contributed by atoms with E-state index < -0.39 is 0 Å². The number of morpholine rings is 1. The second-order valence-electron chi connectivity index (χ2n) is 4.82. The molecule has 5 nitrogen and oxygen atoms in total. The molecule has 0 bridgehead atoms. The largest absolute Gasteiger partial charge is 0.475 e. The third-order valence-corrected chi connectivity index (χ3v) is 3.33. The zero-order chi connectivity index (χ0) is 12.5. The molecule has 1 aromatic heterocycles. The van der Waals surface area contributed by atoms with Crippen molar-refractivity contribution in [3.8, 4) is 5.88 Å². The van der Waals surface area contributed by atoms with Gasteiger partial charge in [0.05, 0.1) is 25.4 Å². The van der Waals surface area contributed by atoms with Gasteiger partial charge in [0.15, 0.2) is 0 Å². The highest BCUT2D eigenvalue weighted by molar-refractivity contribution is 5.47. The Morgan fingerprint density at radius 3 is 3.28 bits per heavy atom. The first kappa shape index (κ1) is 11.7. The fourth-order valence-electron chi connectivity index (χ4n) is 2.41. The van der Waals surface area contributed by atoms with Crippen molar-refractivity contribution in [2.24, 2.45) is 0 Å². The van der Waals surface area contributed by atoms with Gasteiger partial charge in [-0.05, 0) is 25.0 Å². The van der Waals surface area contributed by atoms with Crippen LogP contribution in [0.15, 0.2) is 12.1 Å². The summed E-state index contributed by atoms with van der Waals surface area (Å²) < 4.78 is 11.0. The first-order chi connectivity index (χ1) is 8.78. The van der Waals surface area contributed by atoms with E-state index in [-0.39, 0.29) is 13.2 Å². The van der Waals surface area contributed by atoms with E-state index in [0.29, 0.717) is 18.0 Å². The Hall–Kier alpha value is -1.33. The number of nitrogens with zero attached hydrogens (tertiary/aromatic N) is 2. The molecule has 0 radical (unpaired) electrons. The van der Waals surface area contributed by atoms with Crippen LogP contribution in [0.4, 0.5) is 5.82 Å². The molecule has 2 unspecified atom stereocenters. The van der Waals surface area contributed by atoms with E-state index in [1.54, 1.807) is 0 Å². The van der Waals surface area contributed by atoms with Crippen LogP contribution < -0.4 is 9.64 Å². The highest BCUT2D eigenvalue weighted by Gasteiger charge is 2.46. The summed E-state index contributed by atoms with van der Waals surface area (Å²) in [7, 11) is 0. The molecule has 1 N–H and O–H groups in total. The molecule has 1 saturated carbocycles. The molecule has 2 fully saturated rings. The maximum atomic E-state index is 8.78. The van der Waals surface area contributed by atoms with Crippen LogP contribution in [-0.2, 0) is 4.74 Å². The number of ether oxygens (including phenoxy) is 2. The second kappa shape index (κ2) is 4.74. The molecule has 2 heterocycles. The number of anilines is 1. The van der Waals surface area contributed by atoms with Crippen LogP contribution >= 0.6 is 0 Å². The summed E-state index contributed by atoms with van der Waals surface area (Å²) in [5.74, 6) is 1.54. The van der Waals surface area contributed by atoms with Crippen molar-refractivity contribution in [2.45, 2.75) is 25.5 Å². The number of rotatable bonds is 4. The molecule has 5 heteroatoms. The molecule has 1 saturated heterocycles. The van der Waals surface area contributed by atoms with Crippen LogP contribution in [0.3, 0.4) is 0 Å². The predicted molar refractivity (Wildman–Crippen MR) is 67.0 cm³/mol. The normalized spacial score (nSPS) is 25.8. The molecule has 2 aliphatic rings. The molecule has 0 aromatic carbocycles. The van der Waals surface area contributed by atoms with Crippen LogP contribution in [0.25, 0.3) is 0 Å². The summed E-state index contributed by atoms with van der Waals surface area (Å²) in [6.45, 7) is 3.97. The summed E-state index contributed by atoms with van der Waals surface area (Å²) in [5, 5.41) is 8.78. The van der Waals surface area contributed by atoms with Gasteiger partial charge < -0.3 is 19.5 Å². The molecule has 3 rings (SSSR count). The van der Waals surface area contributed by atoms with Crippen molar-refractivity contribution in [1.29, 1.82) is 0 Å². The summed E-state index contributed by atoms with van der Waals surface area (Å²) in [4.78, 5) is 6.81. The van der Waals surface area contributed by atoms with Gasteiger partial charge in [0.25, 0.3) is 0 Å². The number of aryl methyl sites for hydroxylation is 1. The Balaban J connectivity index is 1.80. The minimum atomic E-state index is 0.00715. The maximum Gasteiger partial charge on any atom is 0.215 e. The van der Waals surface area contributed by atoms with Gasteiger partial charge in [-0.15, -0.1) is 0 Å². The molecular formula is C13H18N2O3. The predicted octanol–water partition coefficient (Wildman–Crippen LogP) is 0.739. The van der Waals surface area contributed by atoms with E-state index in [2.05, 4.69) is 16.0 Å². The van der Waals surface area contributed by atoms with Gasteiger partial charge in [-0.25, -0.2) is 0 Å². The van der Waals surface area contributed by atoms with E-state index >= 15 is 0 Å². The Labute approximate surface area is 106 Å². The van der Waals surface area contributed by atoms with Crippen molar-refractivity contribution in [3.05, 3.63) is 17.7 Å². The molecular weight excluding hydrogens is 232 g/mol. The minimum absolute atomic E-state index is 0.00715. The quantitative estimate of drug-likeness (QED) is 0.854. The second-order valence-corrected chi connectivity index (χ2v) is 4.82. The van der Waals surface area contributed by atoms with Crippen LogP contribution in [0.1, 0.15) is 12.0 Å². The molecule has 0 amide bonds. The van der Waals surface area contributed by atoms with Crippen LogP contribution in [0.2, 0.25) is 0 Å². The average Bonchev–Trinajstić information content (AvgIpc) is 3.14. The van der Waals surface area contributed by atoms with E-state index in [1.165, 1.54) is 0 Å². The smallest absolute Gasteiger partial charge is 0.215 e. The molecule has 18 heavy (non-hydrogen) atoms. The monoisotopic (exact) mass is 250 g/mol. The highest BCUT2D eigenvalue weighted by Crippen LogP contribution is 2.37. The number of hydrogen-bond donors (Lipinski definition) is 1. The molecule has 98 valence electrons. The van der Waals surface area contributed by atoms with Gasteiger partial charge in [-0.3, -0.25) is 0 Å². The lowest BCUT2D eigenvalue weighted by Crippen LogP contribution is -2.37. The Morgan fingerprint density at radius 1 is 1.56 bits per heavy atom. The van der Waals surface area contributed by atoms with E-state index in [0.717, 1.165) is 31.0 Å². The zero-order valence-electron chi connectivity index (χ0n) is 10.5. The number of fused-ring (bicyclic) bond motifs is 1. The number of aliphatic hydroxyl groups is 1. The van der Waals surface area contributed by atoms with E-state index in [9.17, 15) is 0 Å². The fourth-order valence-corrected chi connectivity index (χ4v) is 2.41. The van der Waals surface area contributed by atoms with Crippen LogP contribution in [0, 0.1) is 6.92 Å². The van der Waals surface area contributed by atoms with Crippen molar-refractivity contribution in [2.75, 3.05) is 31.3 Å². The van der Waals surface area contributed by atoms with Gasteiger partial charge in [-0.2, -0.15) is 4.98 Å². The van der Waals surface area contributed by atoms with Crippen LogP contribution in [-0.4, -0.2) is 48.6 Å². The van der Waals surface area contributed by atoms with Gasteiger partial charge in [0.1, 0.15) is 12.4 Å². The molecule has 1 aliphatic carbocycles. The number of hydrogen-bond acceptors (Lipinski definition) is 5. The van der Waals surface area contributed by atoms with Crippen molar-refractivity contribution < 1.29 is 14.6 Å². The first-order valence-corrected chi connectivity index (χ1v) is 6.38. The van der Waals surface area contributed by atoms with Crippen LogP contribution in [0.5, 0.6) is 5.88 Å². The fraction of sp³-hybridized carbons (Fsp3) is 0.615. The molecule has 2 atom stereocenters. The summed E-state index contributed by atoms with van der Waals surface area (Å²) in [6.07, 6.45) is 1.49. The zero-order valence-corrected chi connectivity index (χ0v) is 10.5. The lowest BCUT2D eigenvalue weighted by molar-refractivity contribution is 0.102. The number of aliphatic hydroxyl groups excluding tert-OH is 1. The molecule has 1 aromatic rings. The summed E-state index contributed by atoms with van der Waals surface area (Å²) in [5.41, 5.74) is 1.12. The van der Waals surface area contributed by atoms with Gasteiger partial charge in [-0.1, -0.05) is 0 Å². The van der Waals surface area contributed by atoms with Crippen molar-refractivity contribution >= 4 is 5.82 Å². The minimum Gasteiger partial charge on any atom is -0.475 e. The Bertz CT molecular complexity index is 438. The summed E-state index contributed by atoms with van der Waals surface area (Å²) >= 11 is 0. The third-order valence-electron chi connectivity index (χ3n) is 3.33. The number of aromatic nitrogens is 1. The highest BCUT2D eigenvalue weighted by atomic mass is 16.5. The van der Waals surface area contributed by atoms with Crippen molar-refractivity contribution in [3.63, 3.8) is 0 Å². The van der Waals surface area contributed by atoms with Gasteiger partial charge >= 0.3 is 0 Å². The topological polar surface area (TPSA) is 54.8 Å². The lowest BCUT2D eigenvalue weighted by atomic mass is 10.2. The standard InChI is InChI=1S/C13H18N2O3/c1-9-6-12(14-13(7-9)18-5-3-16)15-2-4-17-11-8-10(11)15/h6-7,10-11,16H,2-5,8H2,1H3. The van der Waals surface area contributed by atoms with Gasteiger partial charge in [0.2, 0.25) is 5.88 Å². The first-order valence-electron chi connectivity index (χ1n) is 6.38. The number of pyridine rings is 1. The van der Waals surface area contributed by atoms with Gasteiger partial charge in [0, 0.05) is 12.6 Å². The SMILES string of the molecule is Cc1cc(OCCO)nc(N2CCOC3CC32)c1. The Kier molecular flexibility index (Phi) is 3.09. The molecule has 1 aliphatic heterocycles. The van der Waals surface area contributed by atoms with E-state index in [4.69, 9.17) is 14.6 Å². The maximum absolute atomic E-state index is 8.78. The van der Waals surface area contributed by atoms with E-state index in [1.807, 2.05) is 13.0 Å². The lowest BCUT2D eigenvalue weighted by Gasteiger charge is -2.28. The summed E-state index contributed by atoms with van der Waals surface area (Å²) in [6, 6.07) is 4.45.